The number of nitrogens with zero attached hydrogens (tertiary/aromatic N) is 2. The molecule has 0 unspecified atom stereocenters. The molecule has 0 aliphatic carbocycles. The number of fused-ring (bicyclic) bond motifs is 6. The smallest absolute Gasteiger partial charge is 0.0541 e. The molecule has 0 fully saturated rings. The van der Waals surface area contributed by atoms with E-state index in [0.717, 1.165) is 5.56 Å². The summed E-state index contributed by atoms with van der Waals surface area (Å²) >= 11 is 0. The molecule has 222 valence electrons. The Kier molecular flexibility index (Phi) is 6.22. The highest BCUT2D eigenvalue weighted by atomic mass is 15.0. The molecule has 2 aromatic heterocycles. The van der Waals surface area contributed by atoms with Gasteiger partial charge in [-0.25, -0.2) is 0 Å². The molecule has 0 radical (unpaired) electrons. The van der Waals surface area contributed by atoms with Gasteiger partial charge in [-0.1, -0.05) is 109 Å². The van der Waals surface area contributed by atoms with Gasteiger partial charge in [0.1, 0.15) is 0 Å². The Balaban J connectivity index is 1.26. The minimum absolute atomic E-state index is 1.12. The summed E-state index contributed by atoms with van der Waals surface area (Å²) in [6.07, 6.45) is 1.89. The lowest BCUT2D eigenvalue weighted by Gasteiger charge is -2.10. The van der Waals surface area contributed by atoms with Crippen molar-refractivity contribution in [2.75, 3.05) is 0 Å². The second kappa shape index (κ2) is 10.8. The van der Waals surface area contributed by atoms with Crippen molar-refractivity contribution in [1.82, 2.24) is 9.13 Å². The van der Waals surface area contributed by atoms with Gasteiger partial charge in [0, 0.05) is 32.9 Å². The summed E-state index contributed by atoms with van der Waals surface area (Å²) < 4.78 is 4.77. The monoisotopic (exact) mass is 600 g/mol. The molecule has 2 nitrogen and oxygen atoms in total. The molecule has 9 aromatic rings. The van der Waals surface area contributed by atoms with E-state index in [1.54, 1.807) is 0 Å². The van der Waals surface area contributed by atoms with Crippen molar-refractivity contribution in [3.8, 4) is 33.6 Å². The van der Waals surface area contributed by atoms with Gasteiger partial charge in [0.2, 0.25) is 0 Å². The Morgan fingerprint density at radius 3 is 1.43 bits per heavy atom. The van der Waals surface area contributed by atoms with Crippen LogP contribution in [0.3, 0.4) is 0 Å². The van der Waals surface area contributed by atoms with Gasteiger partial charge in [0.25, 0.3) is 0 Å². The van der Waals surface area contributed by atoms with Crippen molar-refractivity contribution >= 4 is 49.7 Å². The first-order valence-electron chi connectivity index (χ1n) is 16.1. The van der Waals surface area contributed by atoms with Crippen LogP contribution in [0.15, 0.2) is 164 Å². The minimum Gasteiger partial charge on any atom is -0.309 e. The summed E-state index contributed by atoms with van der Waals surface area (Å²) in [5.74, 6) is 0. The molecule has 0 aliphatic rings. The number of aromatic nitrogens is 2. The summed E-state index contributed by atoms with van der Waals surface area (Å²) in [7, 11) is 0. The number of aryl methyl sites for hydroxylation is 1. The molecule has 0 aliphatic heterocycles. The normalized spacial score (nSPS) is 11.6. The minimum atomic E-state index is 1.12. The molecule has 0 amide bonds. The maximum absolute atomic E-state index is 3.92. The quantitative estimate of drug-likeness (QED) is 0.186. The average Bonchev–Trinajstić information content (AvgIpc) is 3.64. The van der Waals surface area contributed by atoms with Crippen LogP contribution < -0.4 is 0 Å². The van der Waals surface area contributed by atoms with Crippen LogP contribution in [0.5, 0.6) is 0 Å². The van der Waals surface area contributed by atoms with Crippen LogP contribution in [0, 0.1) is 6.92 Å². The first-order valence-corrected chi connectivity index (χ1v) is 16.1. The van der Waals surface area contributed by atoms with Crippen molar-refractivity contribution in [2.24, 2.45) is 0 Å². The zero-order valence-electron chi connectivity index (χ0n) is 26.2. The zero-order valence-corrected chi connectivity index (χ0v) is 26.2. The number of benzene rings is 7. The van der Waals surface area contributed by atoms with E-state index in [1.165, 1.54) is 82.8 Å². The largest absolute Gasteiger partial charge is 0.309 e. The van der Waals surface area contributed by atoms with Crippen LogP contribution in [-0.2, 0) is 0 Å². The van der Waals surface area contributed by atoms with Crippen molar-refractivity contribution in [2.45, 2.75) is 6.92 Å². The van der Waals surface area contributed by atoms with Crippen molar-refractivity contribution < 1.29 is 0 Å². The van der Waals surface area contributed by atoms with E-state index in [-0.39, 0.29) is 0 Å². The highest BCUT2D eigenvalue weighted by Crippen LogP contribution is 2.39. The molecule has 0 spiro atoms. The average molecular weight is 601 g/mol. The van der Waals surface area contributed by atoms with E-state index in [2.05, 4.69) is 180 Å². The topological polar surface area (TPSA) is 9.86 Å². The predicted molar refractivity (Wildman–Crippen MR) is 201 cm³/mol. The maximum atomic E-state index is 3.92. The molecular formula is C45H32N2. The van der Waals surface area contributed by atoms with Crippen LogP contribution in [-0.4, -0.2) is 9.13 Å². The predicted octanol–water partition coefficient (Wildman–Crippen LogP) is 12.2. The first-order chi connectivity index (χ1) is 23.2. The summed E-state index contributed by atoms with van der Waals surface area (Å²) in [5, 5.41) is 5.01. The summed E-state index contributed by atoms with van der Waals surface area (Å²) in [4.78, 5) is 0. The third-order valence-electron chi connectivity index (χ3n) is 9.56. The molecule has 0 saturated carbocycles. The van der Waals surface area contributed by atoms with Crippen LogP contribution >= 0.6 is 0 Å². The van der Waals surface area contributed by atoms with Gasteiger partial charge in [0.05, 0.1) is 22.1 Å². The van der Waals surface area contributed by atoms with Gasteiger partial charge in [-0.3, -0.25) is 0 Å². The molecule has 0 atom stereocenters. The number of hydrogen-bond acceptors (Lipinski definition) is 0. The molecule has 0 saturated heterocycles. The lowest BCUT2D eigenvalue weighted by molar-refractivity contribution is 1.17. The molecule has 7 aromatic carbocycles. The summed E-state index contributed by atoms with van der Waals surface area (Å²) in [6.45, 7) is 6.06. The molecular weight excluding hydrogens is 569 g/mol. The van der Waals surface area contributed by atoms with E-state index in [1.807, 2.05) is 6.08 Å². The van der Waals surface area contributed by atoms with E-state index >= 15 is 0 Å². The van der Waals surface area contributed by atoms with Gasteiger partial charge in [-0.05, 0) is 101 Å². The Morgan fingerprint density at radius 1 is 0.404 bits per heavy atom. The highest BCUT2D eigenvalue weighted by Gasteiger charge is 2.17. The van der Waals surface area contributed by atoms with Crippen molar-refractivity contribution in [1.29, 1.82) is 0 Å². The number of rotatable bonds is 5. The van der Waals surface area contributed by atoms with Crippen LogP contribution in [0.4, 0.5) is 0 Å². The van der Waals surface area contributed by atoms with Crippen LogP contribution in [0.2, 0.25) is 0 Å². The van der Waals surface area contributed by atoms with Crippen LogP contribution in [0.1, 0.15) is 11.1 Å². The molecule has 0 N–H and O–H groups in total. The SMILES string of the molecule is C=Cc1ccc(-c2ccc3c(c2)c2cc(-c4ccc5c(c4)c4ccccc4n5-c4ccccc4)ccc2n3-c2ccc(C)cc2)cc1. The van der Waals surface area contributed by atoms with Gasteiger partial charge in [-0.2, -0.15) is 0 Å². The van der Waals surface area contributed by atoms with Crippen molar-refractivity contribution in [3.63, 3.8) is 0 Å². The van der Waals surface area contributed by atoms with Crippen LogP contribution in [0.25, 0.3) is 83.3 Å². The van der Waals surface area contributed by atoms with E-state index in [4.69, 9.17) is 0 Å². The Morgan fingerprint density at radius 2 is 0.851 bits per heavy atom. The maximum Gasteiger partial charge on any atom is 0.0541 e. The molecule has 9 rings (SSSR count). The molecule has 2 heteroatoms. The highest BCUT2D eigenvalue weighted by molar-refractivity contribution is 6.13. The Bertz CT molecular complexity index is 2620. The third-order valence-corrected chi connectivity index (χ3v) is 9.56. The lowest BCUT2D eigenvalue weighted by Crippen LogP contribution is -1.94. The van der Waals surface area contributed by atoms with Gasteiger partial charge in [-0.15, -0.1) is 0 Å². The van der Waals surface area contributed by atoms with E-state index < -0.39 is 0 Å². The molecule has 0 bridgehead atoms. The first kappa shape index (κ1) is 27.2. The fourth-order valence-corrected chi connectivity index (χ4v) is 7.17. The Hall–Kier alpha value is -6.12. The van der Waals surface area contributed by atoms with E-state index in [9.17, 15) is 0 Å². The third kappa shape index (κ3) is 4.41. The fourth-order valence-electron chi connectivity index (χ4n) is 7.17. The van der Waals surface area contributed by atoms with E-state index in [0.29, 0.717) is 0 Å². The second-order valence-electron chi connectivity index (χ2n) is 12.4. The standard InChI is InChI=1S/C45H32N2/c1-3-31-15-17-32(18-16-31)33-19-24-44-40(27-33)41-29-35(21-26-45(41)47(44)37-22-13-30(2)14-23-37)34-20-25-43-39(28-34)38-11-7-8-12-42(38)46(43)36-9-5-4-6-10-36/h3-29H,1H2,2H3. The van der Waals surface area contributed by atoms with Gasteiger partial charge >= 0.3 is 0 Å². The van der Waals surface area contributed by atoms with Gasteiger partial charge in [0.15, 0.2) is 0 Å². The molecule has 47 heavy (non-hydrogen) atoms. The zero-order chi connectivity index (χ0) is 31.5. The molecule has 2 heterocycles. The number of hydrogen-bond donors (Lipinski definition) is 0. The summed E-state index contributed by atoms with van der Waals surface area (Å²) in [6, 6.07) is 57.6. The number of para-hydroxylation sites is 2. The van der Waals surface area contributed by atoms with Crippen molar-refractivity contribution in [3.05, 3.63) is 175 Å². The lowest BCUT2D eigenvalue weighted by atomic mass is 9.99. The summed E-state index contributed by atoms with van der Waals surface area (Å²) in [5.41, 5.74) is 14.4. The second-order valence-corrected chi connectivity index (χ2v) is 12.4. The Labute approximate surface area is 274 Å². The van der Waals surface area contributed by atoms with Gasteiger partial charge < -0.3 is 9.13 Å². The fraction of sp³-hybridized carbons (Fsp3) is 0.0222.